The van der Waals surface area contributed by atoms with Crippen molar-refractivity contribution in [3.63, 3.8) is 0 Å². The first-order valence-electron chi connectivity index (χ1n) is 9.23. The Balaban J connectivity index is 1.75. The maximum absolute atomic E-state index is 13.5. The smallest absolute Gasteiger partial charge is 0.334 e. The van der Waals surface area contributed by atoms with Gasteiger partial charge in [0.05, 0.1) is 19.8 Å². The summed E-state index contributed by atoms with van der Waals surface area (Å²) in [5.41, 5.74) is 0.863. The molecule has 3 heterocycles. The van der Waals surface area contributed by atoms with E-state index in [-0.39, 0.29) is 25.7 Å². The second-order valence-corrected chi connectivity index (χ2v) is 7.25. The lowest BCUT2D eigenvalue weighted by Crippen LogP contribution is -2.61. The summed E-state index contributed by atoms with van der Waals surface area (Å²) >= 11 is 0. The van der Waals surface area contributed by atoms with Crippen molar-refractivity contribution in [3.8, 4) is 23.0 Å². The van der Waals surface area contributed by atoms with Crippen LogP contribution in [0, 0.1) is 0 Å². The summed E-state index contributed by atoms with van der Waals surface area (Å²) in [6.07, 6.45) is 0.644. The van der Waals surface area contributed by atoms with Crippen LogP contribution in [0.4, 0.5) is 0 Å². The summed E-state index contributed by atoms with van der Waals surface area (Å²) in [6, 6.07) is 6.96. The van der Waals surface area contributed by atoms with Crippen LogP contribution in [0.3, 0.4) is 0 Å². The fourth-order valence-electron chi connectivity index (χ4n) is 4.68. The standard InChI is InChI=1S/C21H19NO7/c1-26-14-4-3-12-9-21(20(24)25)13-8-16-15(28-10-29-16)7-11(13)5-6-22(21)19(23)17(12)18(14)27-2/h3-4,7-8H,5-6,9-10H2,1-2H3,(H,24,25). The first-order chi connectivity index (χ1) is 14.0. The van der Waals surface area contributed by atoms with Crippen molar-refractivity contribution in [2.75, 3.05) is 27.6 Å². The topological polar surface area (TPSA) is 94.5 Å². The molecule has 0 fully saturated rings. The molecule has 1 N–H and O–H groups in total. The average molecular weight is 397 g/mol. The van der Waals surface area contributed by atoms with Gasteiger partial charge in [-0.1, -0.05) is 6.07 Å². The van der Waals surface area contributed by atoms with Crippen molar-refractivity contribution in [1.29, 1.82) is 0 Å². The maximum Gasteiger partial charge on any atom is 0.334 e. The molecule has 150 valence electrons. The highest BCUT2D eigenvalue weighted by molar-refractivity contribution is 6.05. The highest BCUT2D eigenvalue weighted by Gasteiger charge is 2.56. The molecule has 8 nitrogen and oxygen atoms in total. The van der Waals surface area contributed by atoms with E-state index in [2.05, 4.69) is 0 Å². The van der Waals surface area contributed by atoms with Crippen molar-refractivity contribution in [2.45, 2.75) is 18.4 Å². The van der Waals surface area contributed by atoms with Gasteiger partial charge in [0.25, 0.3) is 5.91 Å². The van der Waals surface area contributed by atoms with Crippen LogP contribution in [0.25, 0.3) is 0 Å². The number of carboxylic acid groups (broad SMARTS) is 1. The number of rotatable bonds is 3. The Hall–Kier alpha value is -3.42. The first kappa shape index (κ1) is 17.7. The first-order valence-corrected chi connectivity index (χ1v) is 9.23. The molecular formula is C21H19NO7. The van der Waals surface area contributed by atoms with Crippen molar-refractivity contribution in [1.82, 2.24) is 4.90 Å². The van der Waals surface area contributed by atoms with Gasteiger partial charge < -0.3 is 29.0 Å². The Bertz CT molecular complexity index is 1060. The van der Waals surface area contributed by atoms with Crippen molar-refractivity contribution >= 4 is 11.9 Å². The van der Waals surface area contributed by atoms with E-state index in [9.17, 15) is 14.7 Å². The van der Waals surface area contributed by atoms with Crippen LogP contribution in [0.1, 0.15) is 27.0 Å². The third-order valence-corrected chi connectivity index (χ3v) is 6.00. The number of nitrogens with zero attached hydrogens (tertiary/aromatic N) is 1. The van der Waals surface area contributed by atoms with Gasteiger partial charge in [-0.05, 0) is 41.3 Å². The number of hydrogen-bond donors (Lipinski definition) is 1. The number of amides is 1. The predicted molar refractivity (Wildman–Crippen MR) is 99.9 cm³/mol. The average Bonchev–Trinajstić information content (AvgIpc) is 3.18. The van der Waals surface area contributed by atoms with Gasteiger partial charge in [0, 0.05) is 13.0 Å². The van der Waals surface area contributed by atoms with E-state index >= 15 is 0 Å². The monoisotopic (exact) mass is 397 g/mol. The number of benzene rings is 2. The highest BCUT2D eigenvalue weighted by atomic mass is 16.7. The quantitative estimate of drug-likeness (QED) is 0.846. The van der Waals surface area contributed by atoms with Gasteiger partial charge in [-0.15, -0.1) is 0 Å². The fourth-order valence-corrected chi connectivity index (χ4v) is 4.68. The molecule has 2 aromatic rings. The van der Waals surface area contributed by atoms with Gasteiger partial charge in [0.1, 0.15) is 0 Å². The molecule has 3 aliphatic heterocycles. The van der Waals surface area contributed by atoms with E-state index in [1.807, 2.05) is 6.07 Å². The summed E-state index contributed by atoms with van der Waals surface area (Å²) < 4.78 is 21.7. The minimum Gasteiger partial charge on any atom is -0.493 e. The van der Waals surface area contributed by atoms with Crippen LogP contribution < -0.4 is 18.9 Å². The van der Waals surface area contributed by atoms with E-state index in [1.165, 1.54) is 19.1 Å². The number of ether oxygens (including phenoxy) is 4. The Morgan fingerprint density at radius 3 is 2.59 bits per heavy atom. The van der Waals surface area contributed by atoms with Crippen LogP contribution in [0.15, 0.2) is 24.3 Å². The number of carboxylic acids is 1. The highest BCUT2D eigenvalue weighted by Crippen LogP contribution is 2.49. The Kier molecular flexibility index (Phi) is 3.68. The zero-order valence-corrected chi connectivity index (χ0v) is 16.0. The molecule has 0 bridgehead atoms. The predicted octanol–water partition coefficient (Wildman–Crippen LogP) is 1.97. The number of aliphatic carboxylic acids is 1. The molecule has 2 aromatic carbocycles. The fraction of sp³-hybridized carbons (Fsp3) is 0.333. The lowest BCUT2D eigenvalue weighted by atomic mass is 9.72. The van der Waals surface area contributed by atoms with E-state index < -0.39 is 11.5 Å². The van der Waals surface area contributed by atoms with Crippen molar-refractivity contribution < 1.29 is 33.6 Å². The summed E-state index contributed by atoms with van der Waals surface area (Å²) in [6.45, 7) is 0.373. The van der Waals surface area contributed by atoms with Gasteiger partial charge in [-0.3, -0.25) is 4.79 Å². The molecule has 0 aliphatic carbocycles. The molecule has 29 heavy (non-hydrogen) atoms. The van der Waals surface area contributed by atoms with E-state index in [1.54, 1.807) is 18.2 Å². The van der Waals surface area contributed by atoms with E-state index in [0.717, 1.165) is 5.56 Å². The van der Waals surface area contributed by atoms with E-state index in [0.29, 0.717) is 46.1 Å². The number of fused-ring (bicyclic) bond motifs is 5. The molecule has 8 heteroatoms. The van der Waals surface area contributed by atoms with Crippen LogP contribution in [0.2, 0.25) is 0 Å². The minimum absolute atomic E-state index is 0.0980. The Morgan fingerprint density at radius 1 is 1.14 bits per heavy atom. The second kappa shape index (κ2) is 6.04. The Morgan fingerprint density at radius 2 is 1.90 bits per heavy atom. The van der Waals surface area contributed by atoms with Gasteiger partial charge in [0.2, 0.25) is 6.79 Å². The molecule has 0 radical (unpaired) electrons. The van der Waals surface area contributed by atoms with Crippen molar-refractivity contribution in [3.05, 3.63) is 46.5 Å². The molecule has 0 aromatic heterocycles. The van der Waals surface area contributed by atoms with E-state index in [4.69, 9.17) is 18.9 Å². The molecule has 1 unspecified atom stereocenters. The van der Waals surface area contributed by atoms with Crippen LogP contribution >= 0.6 is 0 Å². The third kappa shape index (κ3) is 2.19. The molecule has 0 spiro atoms. The second-order valence-electron chi connectivity index (χ2n) is 7.25. The third-order valence-electron chi connectivity index (χ3n) is 6.00. The SMILES string of the molecule is COc1ccc2c(c1OC)C(=O)N1CCc3cc4c(cc3C1(C(=O)O)C2)OCO4. The molecule has 3 aliphatic rings. The molecule has 1 atom stereocenters. The molecule has 5 rings (SSSR count). The molecule has 1 amide bonds. The molecule has 0 saturated heterocycles. The lowest BCUT2D eigenvalue weighted by Gasteiger charge is -2.48. The van der Waals surface area contributed by atoms with Gasteiger partial charge in [-0.25, -0.2) is 4.79 Å². The maximum atomic E-state index is 13.5. The summed E-state index contributed by atoms with van der Waals surface area (Å²) in [7, 11) is 2.97. The van der Waals surface area contributed by atoms with Crippen LogP contribution in [0.5, 0.6) is 23.0 Å². The van der Waals surface area contributed by atoms with Gasteiger partial charge >= 0.3 is 5.97 Å². The largest absolute Gasteiger partial charge is 0.493 e. The minimum atomic E-state index is -1.52. The molecule has 0 saturated carbocycles. The summed E-state index contributed by atoms with van der Waals surface area (Å²) in [4.78, 5) is 27.6. The van der Waals surface area contributed by atoms with Gasteiger partial charge in [-0.2, -0.15) is 0 Å². The number of methoxy groups -OCH3 is 2. The number of hydrogen-bond acceptors (Lipinski definition) is 6. The number of carbonyl (C=O) groups excluding carboxylic acids is 1. The number of carbonyl (C=O) groups is 2. The van der Waals surface area contributed by atoms with Crippen LogP contribution in [-0.4, -0.2) is 49.4 Å². The summed E-state index contributed by atoms with van der Waals surface area (Å²) in [5.74, 6) is 0.399. The molecular weight excluding hydrogens is 378 g/mol. The zero-order chi connectivity index (χ0) is 20.3. The normalized spacial score (nSPS) is 21.2. The Labute approximate surface area is 166 Å². The summed E-state index contributed by atoms with van der Waals surface area (Å²) in [5, 5.41) is 10.4. The van der Waals surface area contributed by atoms with Crippen molar-refractivity contribution in [2.24, 2.45) is 0 Å². The zero-order valence-electron chi connectivity index (χ0n) is 16.0. The van der Waals surface area contributed by atoms with Crippen LogP contribution in [-0.2, 0) is 23.2 Å². The lowest BCUT2D eigenvalue weighted by molar-refractivity contribution is -0.151. The van der Waals surface area contributed by atoms with Gasteiger partial charge in [0.15, 0.2) is 28.5 Å².